The van der Waals surface area contributed by atoms with E-state index in [9.17, 15) is 14.4 Å². The van der Waals surface area contributed by atoms with Gasteiger partial charge in [-0.3, -0.25) is 0 Å². The van der Waals surface area contributed by atoms with Crippen LogP contribution in [0.15, 0.2) is 72.1 Å². The SMILES string of the molecule is CCCCOc1ccc(C(=O)Oc2ccc3c(c2)OC(N)=C(C#N)C3c2c(F)cccc2Cl)cc1. The number of benzene rings is 3. The number of carbonyl (C=O) groups excluding carboxylic acids is 1. The molecule has 0 bridgehead atoms. The minimum atomic E-state index is -0.873. The van der Waals surface area contributed by atoms with Crippen molar-refractivity contribution in [2.45, 2.75) is 25.7 Å². The predicted molar refractivity (Wildman–Crippen MR) is 129 cm³/mol. The van der Waals surface area contributed by atoms with Crippen LogP contribution in [0, 0.1) is 17.1 Å². The number of fused-ring (bicyclic) bond motifs is 1. The number of hydrogen-bond acceptors (Lipinski definition) is 6. The summed E-state index contributed by atoms with van der Waals surface area (Å²) in [6.45, 7) is 2.69. The van der Waals surface area contributed by atoms with Gasteiger partial charge in [-0.25, -0.2) is 9.18 Å². The molecule has 2 N–H and O–H groups in total. The van der Waals surface area contributed by atoms with Crippen molar-refractivity contribution in [2.24, 2.45) is 5.73 Å². The number of ether oxygens (including phenoxy) is 3. The summed E-state index contributed by atoms with van der Waals surface area (Å²) in [6.07, 6.45) is 1.98. The summed E-state index contributed by atoms with van der Waals surface area (Å²) in [5.74, 6) is -1.09. The van der Waals surface area contributed by atoms with E-state index in [2.05, 4.69) is 6.92 Å². The fourth-order valence-electron chi connectivity index (χ4n) is 3.77. The Bertz CT molecular complexity index is 1310. The van der Waals surface area contributed by atoms with Gasteiger partial charge in [-0.05, 0) is 48.9 Å². The van der Waals surface area contributed by atoms with Crippen LogP contribution >= 0.6 is 11.6 Å². The van der Waals surface area contributed by atoms with E-state index in [1.54, 1.807) is 36.4 Å². The van der Waals surface area contributed by atoms with E-state index in [4.69, 9.17) is 31.5 Å². The summed E-state index contributed by atoms with van der Waals surface area (Å²) in [7, 11) is 0. The van der Waals surface area contributed by atoms with Crippen molar-refractivity contribution in [3.8, 4) is 23.3 Å². The molecule has 0 aliphatic carbocycles. The summed E-state index contributed by atoms with van der Waals surface area (Å²) in [6, 6.07) is 17.5. The zero-order chi connectivity index (χ0) is 24.9. The molecule has 8 heteroatoms. The van der Waals surface area contributed by atoms with E-state index in [-0.39, 0.29) is 33.5 Å². The summed E-state index contributed by atoms with van der Waals surface area (Å²) >= 11 is 6.28. The maximum Gasteiger partial charge on any atom is 0.343 e. The number of carbonyl (C=O) groups is 1. The monoisotopic (exact) mass is 492 g/mol. The number of rotatable bonds is 7. The minimum Gasteiger partial charge on any atom is -0.494 e. The zero-order valence-corrected chi connectivity index (χ0v) is 19.6. The summed E-state index contributed by atoms with van der Waals surface area (Å²) in [5, 5.41) is 9.82. The van der Waals surface area contributed by atoms with Crippen molar-refractivity contribution in [1.29, 1.82) is 5.26 Å². The van der Waals surface area contributed by atoms with Gasteiger partial charge in [0.25, 0.3) is 0 Å². The van der Waals surface area contributed by atoms with E-state index >= 15 is 0 Å². The lowest BCUT2D eigenvalue weighted by molar-refractivity contribution is 0.0734. The molecule has 0 aromatic heterocycles. The zero-order valence-electron chi connectivity index (χ0n) is 18.9. The van der Waals surface area contributed by atoms with Crippen molar-refractivity contribution in [1.82, 2.24) is 0 Å². The number of halogens is 2. The van der Waals surface area contributed by atoms with Crippen LogP contribution in [-0.4, -0.2) is 12.6 Å². The van der Waals surface area contributed by atoms with E-state index < -0.39 is 17.7 Å². The molecule has 1 aliphatic heterocycles. The largest absolute Gasteiger partial charge is 0.494 e. The van der Waals surface area contributed by atoms with Crippen molar-refractivity contribution >= 4 is 17.6 Å². The van der Waals surface area contributed by atoms with Gasteiger partial charge in [0.05, 0.1) is 18.1 Å². The number of nitriles is 1. The lowest BCUT2D eigenvalue weighted by atomic mass is 9.83. The van der Waals surface area contributed by atoms with Gasteiger partial charge in [0.15, 0.2) is 0 Å². The van der Waals surface area contributed by atoms with Crippen molar-refractivity contribution in [3.05, 3.63) is 99.7 Å². The van der Waals surface area contributed by atoms with Crippen LogP contribution in [0.3, 0.4) is 0 Å². The Labute approximate surface area is 207 Å². The third-order valence-electron chi connectivity index (χ3n) is 5.55. The average Bonchev–Trinajstić information content (AvgIpc) is 2.84. The van der Waals surface area contributed by atoms with Gasteiger partial charge in [-0.2, -0.15) is 5.26 Å². The molecule has 0 spiro atoms. The van der Waals surface area contributed by atoms with Gasteiger partial charge in [0.1, 0.15) is 34.7 Å². The van der Waals surface area contributed by atoms with Gasteiger partial charge in [0, 0.05) is 22.2 Å². The molecule has 0 saturated carbocycles. The summed E-state index contributed by atoms with van der Waals surface area (Å²) in [4.78, 5) is 12.6. The van der Waals surface area contributed by atoms with Crippen LogP contribution in [0.5, 0.6) is 17.2 Å². The van der Waals surface area contributed by atoms with Crippen molar-refractivity contribution < 1.29 is 23.4 Å². The summed E-state index contributed by atoms with van der Waals surface area (Å²) < 4.78 is 31.5. The highest BCUT2D eigenvalue weighted by atomic mass is 35.5. The number of hydrogen-bond donors (Lipinski definition) is 1. The molecule has 3 aromatic rings. The smallest absolute Gasteiger partial charge is 0.343 e. The number of nitrogens with zero attached hydrogens (tertiary/aromatic N) is 1. The second-order valence-corrected chi connectivity index (χ2v) is 8.28. The van der Waals surface area contributed by atoms with Crippen molar-refractivity contribution in [2.75, 3.05) is 6.61 Å². The number of esters is 1. The van der Waals surface area contributed by atoms with E-state index in [0.29, 0.717) is 23.5 Å². The number of unbranched alkanes of at least 4 members (excludes halogenated alkanes) is 1. The molecule has 1 heterocycles. The van der Waals surface area contributed by atoms with Crippen LogP contribution in [0.4, 0.5) is 4.39 Å². The predicted octanol–water partition coefficient (Wildman–Crippen LogP) is 6.10. The Kier molecular flexibility index (Phi) is 7.23. The first-order valence-corrected chi connectivity index (χ1v) is 11.4. The van der Waals surface area contributed by atoms with E-state index in [1.165, 1.54) is 24.3 Å². The molecule has 1 atom stereocenters. The molecule has 178 valence electrons. The fraction of sp³-hybridized carbons (Fsp3) is 0.185. The second kappa shape index (κ2) is 10.5. The summed E-state index contributed by atoms with van der Waals surface area (Å²) in [5.41, 5.74) is 6.94. The molecular formula is C27H22ClFN2O4. The van der Waals surface area contributed by atoms with Crippen molar-refractivity contribution in [3.63, 3.8) is 0 Å². The lowest BCUT2D eigenvalue weighted by Gasteiger charge is -2.27. The Morgan fingerprint density at radius 3 is 2.60 bits per heavy atom. The molecule has 3 aromatic carbocycles. The molecule has 1 unspecified atom stereocenters. The van der Waals surface area contributed by atoms with Crippen LogP contribution in [0.2, 0.25) is 5.02 Å². The molecule has 0 fully saturated rings. The molecular weight excluding hydrogens is 471 g/mol. The standard InChI is InChI=1S/C27H22ClFN2O4/c1-2-3-13-33-17-9-7-16(8-10-17)27(32)34-18-11-12-19-23(14-18)35-26(31)20(15-30)24(19)25-21(28)5-4-6-22(25)29/h4-12,14,24H,2-3,13,31H2,1H3. The maximum atomic E-state index is 14.7. The molecule has 1 aliphatic rings. The van der Waals surface area contributed by atoms with Gasteiger partial charge >= 0.3 is 5.97 Å². The van der Waals surface area contributed by atoms with Gasteiger partial charge in [-0.15, -0.1) is 0 Å². The minimum absolute atomic E-state index is 0.0375. The Balaban J connectivity index is 1.59. The normalized spacial score (nSPS) is 14.5. The quantitative estimate of drug-likeness (QED) is 0.243. The first-order chi connectivity index (χ1) is 16.9. The molecule has 0 amide bonds. The third-order valence-corrected chi connectivity index (χ3v) is 5.88. The Hall–Kier alpha value is -4.02. The van der Waals surface area contributed by atoms with Gasteiger partial charge in [0.2, 0.25) is 5.88 Å². The highest BCUT2D eigenvalue weighted by molar-refractivity contribution is 6.31. The Morgan fingerprint density at radius 1 is 1.17 bits per heavy atom. The fourth-order valence-corrected chi connectivity index (χ4v) is 4.04. The highest BCUT2D eigenvalue weighted by Crippen LogP contribution is 2.46. The van der Waals surface area contributed by atoms with Crippen LogP contribution in [0.25, 0.3) is 0 Å². The average molecular weight is 493 g/mol. The molecule has 6 nitrogen and oxygen atoms in total. The number of nitrogens with two attached hydrogens (primary N) is 1. The van der Waals surface area contributed by atoms with Crippen LogP contribution < -0.4 is 19.9 Å². The second-order valence-electron chi connectivity index (χ2n) is 7.88. The van der Waals surface area contributed by atoms with Crippen LogP contribution in [-0.2, 0) is 0 Å². The first kappa shape index (κ1) is 24.1. The molecule has 35 heavy (non-hydrogen) atoms. The topological polar surface area (TPSA) is 94.6 Å². The molecule has 0 saturated heterocycles. The third kappa shape index (κ3) is 5.08. The van der Waals surface area contributed by atoms with Crippen LogP contribution in [0.1, 0.15) is 47.2 Å². The number of allylic oxidation sites excluding steroid dienone is 1. The van der Waals surface area contributed by atoms with Gasteiger partial charge in [-0.1, -0.05) is 37.1 Å². The molecule has 0 radical (unpaired) electrons. The van der Waals surface area contributed by atoms with E-state index in [0.717, 1.165) is 12.8 Å². The lowest BCUT2D eigenvalue weighted by Crippen LogP contribution is -2.22. The van der Waals surface area contributed by atoms with Gasteiger partial charge < -0.3 is 19.9 Å². The maximum absolute atomic E-state index is 14.7. The highest BCUT2D eigenvalue weighted by Gasteiger charge is 2.34. The Morgan fingerprint density at radius 2 is 1.91 bits per heavy atom. The van der Waals surface area contributed by atoms with E-state index in [1.807, 2.05) is 6.07 Å². The molecule has 4 rings (SSSR count). The first-order valence-electron chi connectivity index (χ1n) is 11.0.